The molecule has 3 aliphatic rings. The standard InChI is InChI=1S/C47H52FN9O4/c1-28-24-30(29-15-21-55(22-16-29)39-10-5-9-33(44(39)50-2)43(49)34-13-14-40(58)53-46(34)60)11-12-32(28)36-25-35(42(48)45-37(36)26-38(52-45)47(61)54(3)4)31-8-6-19-56(27-31)41(59)17-23-57-20-7-18-51-57/h5,7-12,18,20,24-26,29,34,49-50,52H,6,13-17,19,21-23,27H2,1-4H3,(H,53,58,60). The van der Waals surface area contributed by atoms with Gasteiger partial charge in [0, 0.05) is 95.6 Å². The van der Waals surface area contributed by atoms with Crippen LogP contribution in [-0.4, -0.2) is 101 Å². The van der Waals surface area contributed by atoms with Gasteiger partial charge in [-0.3, -0.25) is 29.2 Å². The minimum Gasteiger partial charge on any atom is -0.386 e. The molecule has 61 heavy (non-hydrogen) atoms. The van der Waals surface area contributed by atoms with E-state index in [1.807, 2.05) is 49.7 Å². The Morgan fingerprint density at radius 3 is 2.51 bits per heavy atom. The van der Waals surface area contributed by atoms with Gasteiger partial charge >= 0.3 is 0 Å². The number of amides is 4. The number of aromatic amines is 1. The normalized spacial score (nSPS) is 17.3. The third-order valence-electron chi connectivity index (χ3n) is 12.5. The fraction of sp³-hybridized carbons (Fsp3) is 0.362. The number of rotatable bonds is 11. The molecule has 5 aromatic rings. The molecule has 2 saturated heterocycles. The molecule has 1 atom stereocenters. The summed E-state index contributed by atoms with van der Waals surface area (Å²) in [6.07, 6.45) is 8.77. The van der Waals surface area contributed by atoms with Crippen LogP contribution in [0.1, 0.15) is 77.2 Å². The van der Waals surface area contributed by atoms with E-state index in [1.54, 1.807) is 35.9 Å². The average Bonchev–Trinajstić information content (AvgIpc) is 3.97. The molecule has 0 bridgehead atoms. The van der Waals surface area contributed by atoms with Gasteiger partial charge in [-0.1, -0.05) is 36.4 Å². The van der Waals surface area contributed by atoms with Crippen molar-refractivity contribution in [3.8, 4) is 11.1 Å². The van der Waals surface area contributed by atoms with Crippen LogP contribution in [0.4, 0.5) is 15.8 Å². The van der Waals surface area contributed by atoms with Crippen molar-refractivity contribution in [3.63, 3.8) is 0 Å². The zero-order valence-electron chi connectivity index (χ0n) is 35.1. The van der Waals surface area contributed by atoms with E-state index < -0.39 is 17.6 Å². The van der Waals surface area contributed by atoms with E-state index in [9.17, 15) is 19.2 Å². The van der Waals surface area contributed by atoms with Gasteiger partial charge in [0.15, 0.2) is 5.82 Å². The minimum absolute atomic E-state index is 0.0138. The number of nitrogens with zero attached hydrogens (tertiary/aromatic N) is 5. The van der Waals surface area contributed by atoms with E-state index in [4.69, 9.17) is 5.41 Å². The van der Waals surface area contributed by atoms with Crippen LogP contribution in [0.25, 0.3) is 27.6 Å². The Morgan fingerprint density at radius 2 is 1.80 bits per heavy atom. The second-order valence-electron chi connectivity index (χ2n) is 16.5. The number of aryl methyl sites for hydroxylation is 2. The number of piperidine rings is 2. The summed E-state index contributed by atoms with van der Waals surface area (Å²) in [5.74, 6) is -1.81. The predicted molar refractivity (Wildman–Crippen MR) is 235 cm³/mol. The van der Waals surface area contributed by atoms with E-state index in [-0.39, 0.29) is 41.9 Å². The molecule has 1 unspecified atom stereocenters. The molecule has 4 amide bonds. The first-order valence-corrected chi connectivity index (χ1v) is 21.0. The number of H-pyrrole nitrogens is 1. The first kappa shape index (κ1) is 41.2. The smallest absolute Gasteiger partial charge is 0.269 e. The van der Waals surface area contributed by atoms with Gasteiger partial charge in [0.1, 0.15) is 5.69 Å². The molecular formula is C47H52FN9O4. The van der Waals surface area contributed by atoms with Gasteiger partial charge in [0.2, 0.25) is 17.7 Å². The van der Waals surface area contributed by atoms with Gasteiger partial charge in [-0.15, -0.1) is 0 Å². The summed E-state index contributed by atoms with van der Waals surface area (Å²) in [4.78, 5) is 59.6. The number of aromatic nitrogens is 3. The Hall–Kier alpha value is -6.57. The molecule has 5 heterocycles. The summed E-state index contributed by atoms with van der Waals surface area (Å²) in [6, 6.07) is 17.8. The van der Waals surface area contributed by atoms with Gasteiger partial charge in [0.05, 0.1) is 28.5 Å². The molecule has 316 valence electrons. The van der Waals surface area contributed by atoms with Crippen LogP contribution >= 0.6 is 0 Å². The monoisotopic (exact) mass is 825 g/mol. The van der Waals surface area contributed by atoms with Crippen molar-refractivity contribution in [1.29, 1.82) is 5.41 Å². The van der Waals surface area contributed by atoms with Crippen LogP contribution in [0.3, 0.4) is 0 Å². The van der Waals surface area contributed by atoms with Gasteiger partial charge in [-0.2, -0.15) is 5.10 Å². The maximum atomic E-state index is 16.7. The molecule has 0 saturated carbocycles. The number of imide groups is 1. The first-order valence-electron chi connectivity index (χ1n) is 21.0. The van der Waals surface area contributed by atoms with E-state index in [0.29, 0.717) is 60.5 Å². The van der Waals surface area contributed by atoms with Crippen LogP contribution in [0.15, 0.2) is 73.1 Å². The van der Waals surface area contributed by atoms with Crippen LogP contribution < -0.4 is 15.5 Å². The molecule has 3 aliphatic heterocycles. The Morgan fingerprint density at radius 1 is 1.00 bits per heavy atom. The SMILES string of the molecule is CNc1c(C(=N)C2CCC(=O)NC2=O)cccc1N1CCC(c2ccc(-c3cc(C4=CCCN(C(=O)CCn5cccn5)C4)c(F)c4[nH]c(C(=O)N(C)C)cc34)c(C)c2)CC1. The van der Waals surface area contributed by atoms with E-state index in [2.05, 4.69) is 50.7 Å². The quantitative estimate of drug-likeness (QED) is 0.0849. The topological polar surface area (TPSA) is 160 Å². The number of nitrogens with one attached hydrogen (secondary N) is 4. The van der Waals surface area contributed by atoms with Crippen molar-refractivity contribution in [3.05, 3.63) is 107 Å². The zero-order valence-corrected chi connectivity index (χ0v) is 35.1. The van der Waals surface area contributed by atoms with E-state index in [0.717, 1.165) is 59.6 Å². The lowest BCUT2D eigenvalue weighted by molar-refractivity contribution is -0.134. The lowest BCUT2D eigenvalue weighted by Gasteiger charge is -2.36. The molecule has 2 fully saturated rings. The van der Waals surface area contributed by atoms with E-state index >= 15 is 4.39 Å². The molecular weight excluding hydrogens is 774 g/mol. The highest BCUT2D eigenvalue weighted by molar-refractivity contribution is 6.18. The van der Waals surface area contributed by atoms with Crippen LogP contribution in [-0.2, 0) is 20.9 Å². The molecule has 4 N–H and O–H groups in total. The molecule has 13 nitrogen and oxygen atoms in total. The largest absolute Gasteiger partial charge is 0.386 e. The Kier molecular flexibility index (Phi) is 11.6. The second kappa shape index (κ2) is 17.2. The predicted octanol–water partition coefficient (Wildman–Crippen LogP) is 6.73. The van der Waals surface area contributed by atoms with Crippen molar-refractivity contribution in [2.75, 3.05) is 57.5 Å². The summed E-state index contributed by atoms with van der Waals surface area (Å²) >= 11 is 0. The average molecular weight is 826 g/mol. The third kappa shape index (κ3) is 8.18. The maximum Gasteiger partial charge on any atom is 0.269 e. The van der Waals surface area contributed by atoms with Crippen molar-refractivity contribution < 1.29 is 23.6 Å². The summed E-state index contributed by atoms with van der Waals surface area (Å²) in [6.45, 7) is 4.96. The van der Waals surface area contributed by atoms with Crippen molar-refractivity contribution in [2.24, 2.45) is 5.92 Å². The number of hydrogen-bond acceptors (Lipinski definition) is 8. The molecule has 0 radical (unpaired) electrons. The number of hydrogen-bond donors (Lipinski definition) is 4. The van der Waals surface area contributed by atoms with Crippen molar-refractivity contribution in [2.45, 2.75) is 57.9 Å². The van der Waals surface area contributed by atoms with Crippen LogP contribution in [0.5, 0.6) is 0 Å². The number of anilines is 2. The molecule has 0 aliphatic carbocycles. The summed E-state index contributed by atoms with van der Waals surface area (Å²) in [7, 11) is 5.17. The second-order valence-corrected chi connectivity index (χ2v) is 16.5. The fourth-order valence-corrected chi connectivity index (χ4v) is 9.17. The Labute approximate surface area is 354 Å². The van der Waals surface area contributed by atoms with Gasteiger partial charge in [0.25, 0.3) is 5.91 Å². The van der Waals surface area contributed by atoms with E-state index in [1.165, 1.54) is 10.5 Å². The molecule has 3 aromatic carbocycles. The highest BCUT2D eigenvalue weighted by Crippen LogP contribution is 2.41. The number of carbonyl (C=O) groups is 4. The molecule has 8 rings (SSSR count). The first-order chi connectivity index (χ1) is 29.4. The van der Waals surface area contributed by atoms with Crippen LogP contribution in [0.2, 0.25) is 0 Å². The maximum absolute atomic E-state index is 16.7. The number of carbonyl (C=O) groups excluding carboxylic acids is 4. The van der Waals surface area contributed by atoms with Crippen molar-refractivity contribution in [1.82, 2.24) is 29.9 Å². The molecule has 2 aromatic heterocycles. The van der Waals surface area contributed by atoms with Gasteiger partial charge in [-0.25, -0.2) is 4.39 Å². The number of para-hydroxylation sites is 1. The summed E-state index contributed by atoms with van der Waals surface area (Å²) < 4.78 is 18.4. The van der Waals surface area contributed by atoms with Gasteiger partial charge in [-0.05, 0) is 90.6 Å². The zero-order chi connectivity index (χ0) is 42.9. The van der Waals surface area contributed by atoms with Crippen molar-refractivity contribution >= 4 is 57.2 Å². The third-order valence-corrected chi connectivity index (χ3v) is 12.5. The number of halogens is 1. The lowest BCUT2D eigenvalue weighted by Crippen LogP contribution is -2.44. The highest BCUT2D eigenvalue weighted by Gasteiger charge is 2.33. The minimum atomic E-state index is -0.677. The fourth-order valence-electron chi connectivity index (χ4n) is 9.17. The van der Waals surface area contributed by atoms with Crippen LogP contribution in [0, 0.1) is 24.1 Å². The number of fused-ring (bicyclic) bond motifs is 1. The van der Waals surface area contributed by atoms with Gasteiger partial charge < -0.3 is 30.4 Å². The lowest BCUT2D eigenvalue weighted by atomic mass is 9.85. The number of benzene rings is 3. The Balaban J connectivity index is 1.04. The summed E-state index contributed by atoms with van der Waals surface area (Å²) in [5.41, 5.74) is 8.34. The summed E-state index contributed by atoms with van der Waals surface area (Å²) in [5, 5.41) is 19.5. The Bertz CT molecular complexity index is 2570. The molecule has 0 spiro atoms. The highest BCUT2D eigenvalue weighted by atomic mass is 19.1. The molecule has 14 heteroatoms.